The number of thioether (sulfide) groups is 1. The van der Waals surface area contributed by atoms with Crippen LogP contribution < -0.4 is 4.31 Å². The van der Waals surface area contributed by atoms with Crippen LogP contribution >= 0.6 is 35.3 Å². The topological polar surface area (TPSA) is 79.0 Å². The van der Waals surface area contributed by atoms with Gasteiger partial charge in [0.25, 0.3) is 5.69 Å². The molecule has 0 radical (unpaired) electrons. The lowest BCUT2D eigenvalue weighted by Crippen LogP contribution is -2.39. The van der Waals surface area contributed by atoms with Gasteiger partial charge in [0.1, 0.15) is 4.90 Å². The van der Waals surface area contributed by atoms with Crippen molar-refractivity contribution in [1.82, 2.24) is 5.01 Å². The van der Waals surface area contributed by atoms with E-state index >= 15 is 0 Å². The van der Waals surface area contributed by atoms with Gasteiger partial charge >= 0.3 is 12.2 Å². The van der Waals surface area contributed by atoms with Crippen molar-refractivity contribution in [3.63, 3.8) is 0 Å². The monoisotopic (exact) mass is 622 g/mol. The molecule has 3 aromatic rings. The Kier molecular flexibility index (Phi) is 9.55. The van der Waals surface area contributed by atoms with E-state index in [0.29, 0.717) is 10.7 Å². The molecule has 0 saturated carbocycles. The third kappa shape index (κ3) is 7.17. The van der Waals surface area contributed by atoms with Gasteiger partial charge in [-0.3, -0.25) is 10.1 Å². The Morgan fingerprint density at radius 3 is 2.39 bits per heavy atom. The summed E-state index contributed by atoms with van der Waals surface area (Å²) in [7, 11) is 0. The Hall–Kier alpha value is -3.22. The lowest BCUT2D eigenvalue weighted by Gasteiger charge is -2.28. The van der Waals surface area contributed by atoms with Gasteiger partial charge in [-0.15, -0.1) is 0 Å². The fourth-order valence-electron chi connectivity index (χ4n) is 4.49. The second kappa shape index (κ2) is 12.7. The number of hydrogen-bond acceptors (Lipinski definition) is 6. The molecule has 0 spiro atoms. The van der Waals surface area contributed by atoms with Crippen molar-refractivity contribution >= 4 is 58.4 Å². The maximum Gasteiger partial charge on any atom is 0.416 e. The van der Waals surface area contributed by atoms with Gasteiger partial charge in [0.15, 0.2) is 0 Å². The number of alkyl halides is 3. The molecule has 0 aromatic heterocycles. The molecule has 1 heterocycles. The van der Waals surface area contributed by atoms with Crippen LogP contribution in [0.1, 0.15) is 30.9 Å². The van der Waals surface area contributed by atoms with E-state index < -0.39 is 28.1 Å². The molecular formula is C28H26ClF3N4O3S2. The van der Waals surface area contributed by atoms with Crippen molar-refractivity contribution in [2.75, 3.05) is 22.9 Å². The SMILES string of the molecule is CSCCCC1(C)CN(C(=O)N(Sc2ccccc2[N+](=O)[O-])c2ccc(C(F)(F)F)cc2)N=C1c1ccc(Cl)cc1. The largest absolute Gasteiger partial charge is 0.416 e. The zero-order valence-corrected chi connectivity index (χ0v) is 24.5. The van der Waals surface area contributed by atoms with Crippen molar-refractivity contribution in [2.24, 2.45) is 10.5 Å². The van der Waals surface area contributed by atoms with Crippen LogP contribution in [0.2, 0.25) is 5.02 Å². The number of carbonyl (C=O) groups is 1. The lowest BCUT2D eigenvalue weighted by atomic mass is 9.78. The van der Waals surface area contributed by atoms with Crippen molar-refractivity contribution in [3.05, 3.63) is 99.1 Å². The number of anilines is 1. The van der Waals surface area contributed by atoms with E-state index in [0.717, 1.165) is 52.5 Å². The molecule has 0 N–H and O–H groups in total. The van der Waals surface area contributed by atoms with Gasteiger partial charge in [0, 0.05) is 28.5 Å². The van der Waals surface area contributed by atoms with E-state index in [2.05, 4.69) is 0 Å². The van der Waals surface area contributed by atoms with Gasteiger partial charge < -0.3 is 0 Å². The summed E-state index contributed by atoms with van der Waals surface area (Å²) in [6, 6.07) is 16.4. The first kappa shape index (κ1) is 30.7. The second-order valence-electron chi connectivity index (χ2n) is 9.61. The highest BCUT2D eigenvalue weighted by atomic mass is 35.5. The van der Waals surface area contributed by atoms with Crippen molar-refractivity contribution in [3.8, 4) is 0 Å². The minimum Gasteiger partial charge on any atom is -0.258 e. The zero-order valence-electron chi connectivity index (χ0n) is 22.1. The molecule has 3 aromatic carbocycles. The van der Waals surface area contributed by atoms with E-state index in [4.69, 9.17) is 16.7 Å². The first-order valence-electron chi connectivity index (χ1n) is 12.5. The van der Waals surface area contributed by atoms with Gasteiger partial charge in [0.05, 0.1) is 28.4 Å². The normalized spacial score (nSPS) is 16.9. The van der Waals surface area contributed by atoms with Crippen LogP contribution in [0.4, 0.5) is 29.3 Å². The van der Waals surface area contributed by atoms with Gasteiger partial charge in [-0.05, 0) is 72.9 Å². The molecule has 1 atom stereocenters. The number of para-hydroxylation sites is 1. The maximum absolute atomic E-state index is 14.1. The standard InChI is InChI=1S/C28H26ClF3N4O3S2/c1-27(16-5-17-40-2)18-34(33-25(27)19-8-12-21(29)13-9-19)26(37)35(22-14-10-20(11-15-22)28(30,31)32)41-24-7-4-3-6-23(24)36(38)39/h3-4,6-15H,5,16-18H2,1-2H3. The highest BCUT2D eigenvalue weighted by molar-refractivity contribution is 8.01. The molecule has 1 aliphatic rings. The number of urea groups is 1. The predicted molar refractivity (Wildman–Crippen MR) is 159 cm³/mol. The van der Waals surface area contributed by atoms with Gasteiger partial charge in [0.2, 0.25) is 0 Å². The van der Waals surface area contributed by atoms with Crippen molar-refractivity contribution in [1.29, 1.82) is 0 Å². The smallest absolute Gasteiger partial charge is 0.258 e. The Morgan fingerprint density at radius 2 is 1.78 bits per heavy atom. The number of hydrazone groups is 1. The molecule has 4 rings (SSSR count). The molecule has 0 fully saturated rings. The van der Waals surface area contributed by atoms with Crippen LogP contribution in [0.15, 0.2) is 82.8 Å². The molecular weight excluding hydrogens is 597 g/mol. The molecule has 1 unspecified atom stereocenters. The highest BCUT2D eigenvalue weighted by Crippen LogP contribution is 2.41. The number of benzene rings is 3. The first-order chi connectivity index (χ1) is 19.4. The Bertz CT molecular complexity index is 1440. The van der Waals surface area contributed by atoms with E-state index in [1.54, 1.807) is 30.0 Å². The number of carbonyl (C=O) groups excluding carboxylic acids is 1. The number of rotatable bonds is 9. The molecule has 0 aliphatic carbocycles. The van der Waals surface area contributed by atoms with Crippen LogP contribution in [0, 0.1) is 15.5 Å². The highest BCUT2D eigenvalue weighted by Gasteiger charge is 2.43. The van der Waals surface area contributed by atoms with E-state index in [1.165, 1.54) is 35.3 Å². The molecule has 13 heteroatoms. The molecule has 0 saturated heterocycles. The van der Waals surface area contributed by atoms with Crippen molar-refractivity contribution < 1.29 is 22.9 Å². The summed E-state index contributed by atoms with van der Waals surface area (Å²) in [6.07, 6.45) is -0.941. The van der Waals surface area contributed by atoms with E-state index in [9.17, 15) is 28.1 Å². The minimum absolute atomic E-state index is 0.116. The molecule has 41 heavy (non-hydrogen) atoms. The minimum atomic E-state index is -4.57. The van der Waals surface area contributed by atoms with Crippen LogP contribution in [-0.2, 0) is 6.18 Å². The molecule has 216 valence electrons. The fourth-order valence-corrected chi connectivity index (χ4v) is 6.02. The Balaban J connectivity index is 1.75. The number of hydrogen-bond donors (Lipinski definition) is 0. The number of nitro groups is 1. The number of amides is 2. The molecule has 0 bridgehead atoms. The van der Waals surface area contributed by atoms with Crippen LogP contribution in [0.3, 0.4) is 0 Å². The first-order valence-corrected chi connectivity index (χ1v) is 15.0. The third-order valence-electron chi connectivity index (χ3n) is 6.56. The van der Waals surface area contributed by atoms with Gasteiger partial charge in [-0.2, -0.15) is 30.0 Å². The molecule has 7 nitrogen and oxygen atoms in total. The summed E-state index contributed by atoms with van der Waals surface area (Å²) >= 11 is 8.57. The Labute approximate surface area is 249 Å². The van der Waals surface area contributed by atoms with Crippen molar-refractivity contribution in [2.45, 2.75) is 30.8 Å². The number of nitrogens with zero attached hydrogens (tertiary/aromatic N) is 4. The van der Waals surface area contributed by atoms with Crippen LogP contribution in [0.5, 0.6) is 0 Å². The molecule has 1 aliphatic heterocycles. The summed E-state index contributed by atoms with van der Waals surface area (Å²) in [6.45, 7) is 2.23. The summed E-state index contributed by atoms with van der Waals surface area (Å²) < 4.78 is 40.9. The number of halogens is 4. The van der Waals surface area contributed by atoms with E-state index in [-0.39, 0.29) is 22.8 Å². The third-order valence-corrected chi connectivity index (χ3v) is 8.60. The maximum atomic E-state index is 14.1. The summed E-state index contributed by atoms with van der Waals surface area (Å²) in [5, 5.41) is 18.2. The Morgan fingerprint density at radius 1 is 1.12 bits per heavy atom. The predicted octanol–water partition coefficient (Wildman–Crippen LogP) is 8.77. The zero-order chi connectivity index (χ0) is 29.8. The summed E-state index contributed by atoms with van der Waals surface area (Å²) in [5.41, 5.74) is -0.0410. The fraction of sp³-hybridized carbons (Fsp3) is 0.286. The van der Waals surface area contributed by atoms with Crippen LogP contribution in [-0.4, -0.2) is 40.2 Å². The second-order valence-corrected chi connectivity index (χ2v) is 12.0. The summed E-state index contributed by atoms with van der Waals surface area (Å²) in [4.78, 5) is 25.3. The van der Waals surface area contributed by atoms with Crippen LogP contribution in [0.25, 0.3) is 0 Å². The number of nitro benzene ring substituents is 1. The van der Waals surface area contributed by atoms with Gasteiger partial charge in [-0.25, -0.2) is 14.1 Å². The lowest BCUT2D eigenvalue weighted by molar-refractivity contribution is -0.387. The van der Waals surface area contributed by atoms with Gasteiger partial charge in [-0.1, -0.05) is 42.8 Å². The average Bonchev–Trinajstić information content (AvgIpc) is 3.29. The quantitative estimate of drug-likeness (QED) is 0.103. The molecule has 2 amide bonds. The average molecular weight is 623 g/mol. The van der Waals surface area contributed by atoms with E-state index in [1.807, 2.05) is 25.3 Å². The summed E-state index contributed by atoms with van der Waals surface area (Å²) in [5.74, 6) is 0.919.